The third-order valence-corrected chi connectivity index (χ3v) is 5.68. The highest BCUT2D eigenvalue weighted by Gasteiger charge is 2.31. The molecule has 1 N–H and O–H groups in total. The number of nitrogens with zero attached hydrogens (tertiary/aromatic N) is 1. The van der Waals surface area contributed by atoms with E-state index in [1.807, 2.05) is 37.3 Å². The molecule has 0 saturated carbocycles. The summed E-state index contributed by atoms with van der Waals surface area (Å²) in [4.78, 5) is 27.0. The largest absolute Gasteiger partial charge is 0.479 e. The number of carbonyl (C=O) groups is 2. The molecule has 5 heteroatoms. The second-order valence-corrected chi connectivity index (χ2v) is 8.20. The van der Waals surface area contributed by atoms with Crippen LogP contribution in [0.1, 0.15) is 30.0 Å². The van der Waals surface area contributed by atoms with Crippen molar-refractivity contribution in [1.29, 1.82) is 0 Å². The Morgan fingerprint density at radius 1 is 0.969 bits per heavy atom. The maximum atomic E-state index is 12.7. The monoisotopic (exact) mass is 428 g/mol. The minimum Gasteiger partial charge on any atom is -0.479 e. The second kappa shape index (κ2) is 9.69. The Balaban J connectivity index is 1.42. The lowest BCUT2D eigenvalue weighted by Gasteiger charge is -2.33. The molecule has 32 heavy (non-hydrogen) atoms. The third kappa shape index (κ3) is 5.17. The normalized spacial score (nSPS) is 15.1. The van der Waals surface area contributed by atoms with Gasteiger partial charge < -0.3 is 15.0 Å². The van der Waals surface area contributed by atoms with Crippen molar-refractivity contribution < 1.29 is 14.3 Å². The smallest absolute Gasteiger partial charge is 0.267 e. The van der Waals surface area contributed by atoms with E-state index in [-0.39, 0.29) is 11.8 Å². The summed E-state index contributed by atoms with van der Waals surface area (Å²) < 4.78 is 5.85. The predicted molar refractivity (Wildman–Crippen MR) is 127 cm³/mol. The van der Waals surface area contributed by atoms with Crippen LogP contribution in [0.15, 0.2) is 72.8 Å². The summed E-state index contributed by atoms with van der Waals surface area (Å²) in [5.41, 5.74) is 4.93. The molecule has 0 aromatic heterocycles. The first-order chi connectivity index (χ1) is 15.5. The average molecular weight is 429 g/mol. The van der Waals surface area contributed by atoms with Crippen LogP contribution in [0.5, 0.6) is 5.75 Å². The molecule has 1 aliphatic heterocycles. The summed E-state index contributed by atoms with van der Waals surface area (Å²) in [5, 5.41) is 2.95. The van der Waals surface area contributed by atoms with Crippen LogP contribution in [-0.4, -0.2) is 24.5 Å². The fraction of sp³-hybridized carbons (Fsp3) is 0.259. The zero-order valence-corrected chi connectivity index (χ0v) is 18.5. The number of anilines is 2. The predicted octanol–water partition coefficient (Wildman–Crippen LogP) is 4.92. The number of hydrogen-bond acceptors (Lipinski definition) is 3. The van der Waals surface area contributed by atoms with E-state index in [4.69, 9.17) is 4.74 Å². The van der Waals surface area contributed by atoms with Crippen LogP contribution in [0, 0.1) is 6.92 Å². The van der Waals surface area contributed by atoms with Gasteiger partial charge in [-0.3, -0.25) is 9.59 Å². The highest BCUT2D eigenvalue weighted by molar-refractivity contribution is 6.00. The van der Waals surface area contributed by atoms with Gasteiger partial charge in [-0.05, 0) is 49.9 Å². The van der Waals surface area contributed by atoms with Gasteiger partial charge in [-0.15, -0.1) is 0 Å². The number of rotatable bonds is 7. The van der Waals surface area contributed by atoms with Crippen molar-refractivity contribution in [2.75, 3.05) is 16.8 Å². The molecule has 1 atom stereocenters. The van der Waals surface area contributed by atoms with Gasteiger partial charge in [-0.1, -0.05) is 60.2 Å². The fourth-order valence-electron chi connectivity index (χ4n) is 3.84. The number of fused-ring (bicyclic) bond motifs is 1. The summed E-state index contributed by atoms with van der Waals surface area (Å²) in [6, 6.07) is 23.8. The van der Waals surface area contributed by atoms with E-state index in [0.717, 1.165) is 17.7 Å². The van der Waals surface area contributed by atoms with Crippen molar-refractivity contribution >= 4 is 23.2 Å². The number of amides is 2. The van der Waals surface area contributed by atoms with Gasteiger partial charge in [-0.25, -0.2) is 0 Å². The Hall–Kier alpha value is -3.60. The molecule has 2 amide bonds. The lowest BCUT2D eigenvalue weighted by molar-refractivity contribution is -0.125. The highest BCUT2D eigenvalue weighted by Crippen LogP contribution is 2.36. The van der Waals surface area contributed by atoms with Gasteiger partial charge in [0.05, 0.1) is 5.69 Å². The van der Waals surface area contributed by atoms with Crippen LogP contribution in [0.2, 0.25) is 0 Å². The fourth-order valence-corrected chi connectivity index (χ4v) is 3.84. The van der Waals surface area contributed by atoms with Crippen LogP contribution in [0.3, 0.4) is 0 Å². The van der Waals surface area contributed by atoms with Crippen molar-refractivity contribution in [2.45, 2.75) is 39.2 Å². The molecular weight excluding hydrogens is 400 g/mol. The number of nitrogens with one attached hydrogen (secondary N) is 1. The Labute approximate surface area is 189 Å². The molecule has 0 saturated heterocycles. The van der Waals surface area contributed by atoms with Crippen LogP contribution in [0.25, 0.3) is 0 Å². The summed E-state index contributed by atoms with van der Waals surface area (Å²) in [6.45, 7) is 4.38. The first-order valence-electron chi connectivity index (χ1n) is 11.0. The molecule has 0 bridgehead atoms. The molecule has 5 nitrogen and oxygen atoms in total. The standard InChI is InChI=1S/C27H28N2O3/c1-19-8-10-22(11-9-19)12-15-26(30)28-23-13-14-24-25(18-23)32-20(2)27(31)29(24)17-16-21-6-4-3-5-7-21/h3-11,13-14,18,20H,12,15-17H2,1-2H3,(H,28,30). The molecule has 1 aliphatic rings. The lowest BCUT2D eigenvalue weighted by Crippen LogP contribution is -2.45. The molecular formula is C27H28N2O3. The van der Waals surface area contributed by atoms with Crippen molar-refractivity contribution in [3.05, 3.63) is 89.5 Å². The zero-order chi connectivity index (χ0) is 22.5. The van der Waals surface area contributed by atoms with Crippen LogP contribution >= 0.6 is 0 Å². The maximum Gasteiger partial charge on any atom is 0.267 e. The Morgan fingerprint density at radius 2 is 1.69 bits per heavy atom. The summed E-state index contributed by atoms with van der Waals surface area (Å²) >= 11 is 0. The van der Waals surface area contributed by atoms with E-state index in [1.54, 1.807) is 17.9 Å². The highest BCUT2D eigenvalue weighted by atomic mass is 16.5. The molecule has 164 valence electrons. The molecule has 0 radical (unpaired) electrons. The van der Waals surface area contributed by atoms with E-state index in [9.17, 15) is 9.59 Å². The van der Waals surface area contributed by atoms with Gasteiger partial charge in [0.2, 0.25) is 5.91 Å². The number of carbonyl (C=O) groups excluding carboxylic acids is 2. The average Bonchev–Trinajstić information content (AvgIpc) is 2.80. The minimum absolute atomic E-state index is 0.0496. The Kier molecular flexibility index (Phi) is 6.55. The number of hydrogen-bond donors (Lipinski definition) is 1. The first kappa shape index (κ1) is 21.6. The van der Waals surface area contributed by atoms with Crippen molar-refractivity contribution in [2.24, 2.45) is 0 Å². The van der Waals surface area contributed by atoms with Crippen LogP contribution in [0.4, 0.5) is 11.4 Å². The molecule has 0 fully saturated rings. The summed E-state index contributed by atoms with van der Waals surface area (Å²) in [7, 11) is 0. The van der Waals surface area contributed by atoms with Crippen molar-refractivity contribution in [3.63, 3.8) is 0 Å². The van der Waals surface area contributed by atoms with E-state index in [2.05, 4.69) is 41.7 Å². The van der Waals surface area contributed by atoms with Gasteiger partial charge in [-0.2, -0.15) is 0 Å². The number of benzene rings is 3. The quantitative estimate of drug-likeness (QED) is 0.581. The SMILES string of the molecule is Cc1ccc(CCC(=O)Nc2ccc3c(c2)OC(C)C(=O)N3CCc2ccccc2)cc1. The number of aryl methyl sites for hydroxylation is 2. The van der Waals surface area contributed by atoms with Crippen LogP contribution in [-0.2, 0) is 22.4 Å². The molecule has 4 rings (SSSR count). The molecule has 3 aromatic carbocycles. The molecule has 0 spiro atoms. The van der Waals surface area contributed by atoms with E-state index in [0.29, 0.717) is 30.8 Å². The Bertz CT molecular complexity index is 1090. The van der Waals surface area contributed by atoms with Gasteiger partial charge in [0.1, 0.15) is 5.75 Å². The van der Waals surface area contributed by atoms with Gasteiger partial charge in [0.25, 0.3) is 5.91 Å². The van der Waals surface area contributed by atoms with E-state index in [1.165, 1.54) is 11.1 Å². The summed E-state index contributed by atoms with van der Waals surface area (Å²) in [6.07, 6.45) is 1.28. The van der Waals surface area contributed by atoms with Crippen LogP contribution < -0.4 is 15.0 Å². The topological polar surface area (TPSA) is 58.6 Å². The van der Waals surface area contributed by atoms with E-state index < -0.39 is 6.10 Å². The van der Waals surface area contributed by atoms with Gasteiger partial charge in [0.15, 0.2) is 6.10 Å². The van der Waals surface area contributed by atoms with Crippen molar-refractivity contribution in [1.82, 2.24) is 0 Å². The lowest BCUT2D eigenvalue weighted by atomic mass is 10.1. The minimum atomic E-state index is -0.564. The number of ether oxygens (including phenoxy) is 1. The molecule has 3 aromatic rings. The summed E-state index contributed by atoms with van der Waals surface area (Å²) in [5.74, 6) is 0.510. The zero-order valence-electron chi connectivity index (χ0n) is 18.5. The second-order valence-electron chi connectivity index (χ2n) is 8.20. The third-order valence-electron chi connectivity index (χ3n) is 5.68. The van der Waals surface area contributed by atoms with Gasteiger partial charge >= 0.3 is 0 Å². The van der Waals surface area contributed by atoms with Gasteiger partial charge in [0, 0.05) is 24.7 Å². The first-order valence-corrected chi connectivity index (χ1v) is 11.0. The van der Waals surface area contributed by atoms with E-state index >= 15 is 0 Å². The maximum absolute atomic E-state index is 12.7. The molecule has 1 heterocycles. The molecule has 1 unspecified atom stereocenters. The van der Waals surface area contributed by atoms with Crippen molar-refractivity contribution in [3.8, 4) is 5.75 Å². The molecule has 0 aliphatic carbocycles. The Morgan fingerprint density at radius 3 is 2.44 bits per heavy atom.